The SMILES string of the molecule is CCC1(C)C=PC=CC2=C1CCC2. The zero-order valence-corrected chi connectivity index (χ0v) is 9.40. The Hall–Kier alpha value is -0.350. The molecule has 1 aliphatic carbocycles. The molecule has 1 atom stereocenters. The highest BCUT2D eigenvalue weighted by Crippen LogP contribution is 2.43. The second kappa shape index (κ2) is 3.42. The average Bonchev–Trinajstić information content (AvgIpc) is 2.55. The lowest BCUT2D eigenvalue weighted by Gasteiger charge is -2.26. The van der Waals surface area contributed by atoms with E-state index in [4.69, 9.17) is 0 Å². The molecular weight excluding hydrogens is 175 g/mol. The molecule has 0 N–H and O–H groups in total. The van der Waals surface area contributed by atoms with Crippen molar-refractivity contribution in [1.29, 1.82) is 0 Å². The Morgan fingerprint density at radius 2 is 2.31 bits per heavy atom. The van der Waals surface area contributed by atoms with Crippen molar-refractivity contribution in [2.45, 2.75) is 39.5 Å². The van der Waals surface area contributed by atoms with Gasteiger partial charge < -0.3 is 0 Å². The fraction of sp³-hybridized carbons (Fsp3) is 0.583. The van der Waals surface area contributed by atoms with Crippen molar-refractivity contribution in [3.63, 3.8) is 0 Å². The van der Waals surface area contributed by atoms with Crippen LogP contribution < -0.4 is 0 Å². The first kappa shape index (κ1) is 9.21. The molecule has 0 aromatic rings. The molecule has 70 valence electrons. The molecule has 0 amide bonds. The summed E-state index contributed by atoms with van der Waals surface area (Å²) in [7, 11) is 1.39. The molecular formula is C12H17P. The Morgan fingerprint density at radius 1 is 1.46 bits per heavy atom. The summed E-state index contributed by atoms with van der Waals surface area (Å²) < 4.78 is 0. The van der Waals surface area contributed by atoms with Crippen LogP contribution in [0.25, 0.3) is 0 Å². The summed E-state index contributed by atoms with van der Waals surface area (Å²) in [6.07, 6.45) is 7.61. The smallest absolute Gasteiger partial charge is 0.0111 e. The fourth-order valence-corrected chi connectivity index (χ4v) is 3.35. The fourth-order valence-electron chi connectivity index (χ4n) is 2.33. The summed E-state index contributed by atoms with van der Waals surface area (Å²) in [4.78, 5) is 0. The second-order valence-corrected chi connectivity index (χ2v) is 5.08. The van der Waals surface area contributed by atoms with Gasteiger partial charge in [0.15, 0.2) is 0 Å². The van der Waals surface area contributed by atoms with Crippen molar-refractivity contribution >= 4 is 14.0 Å². The first-order valence-electron chi connectivity index (χ1n) is 5.19. The second-order valence-electron chi connectivity index (χ2n) is 4.22. The van der Waals surface area contributed by atoms with Gasteiger partial charge in [0.05, 0.1) is 0 Å². The van der Waals surface area contributed by atoms with Gasteiger partial charge in [-0.1, -0.05) is 33.7 Å². The number of allylic oxidation sites excluding steroid dienone is 3. The summed E-state index contributed by atoms with van der Waals surface area (Å²) in [6, 6.07) is 0. The van der Waals surface area contributed by atoms with Crippen molar-refractivity contribution in [3.05, 3.63) is 23.0 Å². The maximum atomic E-state index is 2.47. The zero-order valence-electron chi connectivity index (χ0n) is 8.51. The Balaban J connectivity index is 2.43. The third-order valence-electron chi connectivity index (χ3n) is 3.41. The number of hydrogen-bond donors (Lipinski definition) is 0. The maximum Gasteiger partial charge on any atom is 0.0111 e. The lowest BCUT2D eigenvalue weighted by Crippen LogP contribution is -2.18. The van der Waals surface area contributed by atoms with Crippen LogP contribution >= 0.6 is 8.20 Å². The highest BCUT2D eigenvalue weighted by Gasteiger charge is 2.29. The lowest BCUT2D eigenvalue weighted by atomic mass is 9.79. The molecule has 0 nitrogen and oxygen atoms in total. The topological polar surface area (TPSA) is 0 Å². The van der Waals surface area contributed by atoms with Gasteiger partial charge in [0, 0.05) is 5.41 Å². The zero-order chi connectivity index (χ0) is 9.31. The standard InChI is InChI=1S/C12H17P/c1-3-12(2)9-13-8-7-10-5-4-6-11(10)12/h7-9H,3-6H2,1-2H3. The van der Waals surface area contributed by atoms with Crippen LogP contribution in [-0.4, -0.2) is 5.80 Å². The van der Waals surface area contributed by atoms with Crippen LogP contribution in [0, 0.1) is 5.41 Å². The summed E-state index contributed by atoms with van der Waals surface area (Å²) in [5.74, 6) is 4.76. The van der Waals surface area contributed by atoms with Crippen molar-refractivity contribution in [2.24, 2.45) is 5.41 Å². The van der Waals surface area contributed by atoms with Gasteiger partial charge in [0.1, 0.15) is 0 Å². The van der Waals surface area contributed by atoms with Crippen LogP contribution in [0.1, 0.15) is 39.5 Å². The van der Waals surface area contributed by atoms with E-state index in [0.717, 1.165) is 0 Å². The van der Waals surface area contributed by atoms with Gasteiger partial charge in [0.2, 0.25) is 0 Å². The van der Waals surface area contributed by atoms with Crippen LogP contribution in [0.2, 0.25) is 0 Å². The first-order chi connectivity index (χ1) is 6.26. The quantitative estimate of drug-likeness (QED) is 0.547. The van der Waals surface area contributed by atoms with Crippen molar-refractivity contribution in [2.75, 3.05) is 0 Å². The third kappa shape index (κ3) is 1.53. The molecule has 2 rings (SSSR count). The van der Waals surface area contributed by atoms with Crippen LogP contribution in [0.3, 0.4) is 0 Å². The van der Waals surface area contributed by atoms with Crippen LogP contribution in [-0.2, 0) is 0 Å². The Morgan fingerprint density at radius 3 is 3.08 bits per heavy atom. The summed E-state index contributed by atoms with van der Waals surface area (Å²) in [5.41, 5.74) is 3.73. The molecule has 1 heteroatoms. The van der Waals surface area contributed by atoms with Gasteiger partial charge in [0.25, 0.3) is 0 Å². The van der Waals surface area contributed by atoms with Crippen molar-refractivity contribution in [3.8, 4) is 0 Å². The van der Waals surface area contributed by atoms with E-state index >= 15 is 0 Å². The van der Waals surface area contributed by atoms with Gasteiger partial charge in [-0.25, -0.2) is 0 Å². The Labute approximate surface area is 82.5 Å². The average molecular weight is 192 g/mol. The molecule has 0 bridgehead atoms. The minimum absolute atomic E-state index is 0.386. The van der Waals surface area contributed by atoms with E-state index in [1.165, 1.54) is 33.9 Å². The van der Waals surface area contributed by atoms with E-state index in [2.05, 4.69) is 31.5 Å². The maximum absolute atomic E-state index is 2.47. The van der Waals surface area contributed by atoms with Crippen molar-refractivity contribution in [1.82, 2.24) is 0 Å². The van der Waals surface area contributed by atoms with E-state index in [0.29, 0.717) is 5.41 Å². The van der Waals surface area contributed by atoms with Gasteiger partial charge >= 0.3 is 0 Å². The summed E-state index contributed by atoms with van der Waals surface area (Å²) in [6.45, 7) is 4.70. The minimum Gasteiger partial charge on any atom is -0.0800 e. The molecule has 0 fully saturated rings. The highest BCUT2D eigenvalue weighted by molar-refractivity contribution is 7.42. The largest absolute Gasteiger partial charge is 0.0800 e. The molecule has 1 unspecified atom stereocenters. The first-order valence-corrected chi connectivity index (χ1v) is 6.23. The summed E-state index contributed by atoms with van der Waals surface area (Å²) >= 11 is 0. The van der Waals surface area contributed by atoms with Crippen LogP contribution in [0.5, 0.6) is 0 Å². The highest BCUT2D eigenvalue weighted by atomic mass is 31.1. The van der Waals surface area contributed by atoms with E-state index < -0.39 is 0 Å². The predicted molar refractivity (Wildman–Crippen MR) is 61.4 cm³/mol. The lowest BCUT2D eigenvalue weighted by molar-refractivity contribution is 0.536. The molecule has 0 saturated heterocycles. The van der Waals surface area contributed by atoms with Gasteiger partial charge in [-0.15, -0.1) is 0 Å². The molecule has 2 aliphatic rings. The van der Waals surface area contributed by atoms with E-state index in [-0.39, 0.29) is 0 Å². The normalized spacial score (nSPS) is 33.4. The van der Waals surface area contributed by atoms with Crippen LogP contribution in [0.4, 0.5) is 0 Å². The molecule has 0 aromatic carbocycles. The molecule has 0 aromatic heterocycles. The third-order valence-corrected chi connectivity index (χ3v) is 4.45. The predicted octanol–water partition coefficient (Wildman–Crippen LogP) is 4.16. The van der Waals surface area contributed by atoms with E-state index in [1.54, 1.807) is 11.1 Å². The molecule has 13 heavy (non-hydrogen) atoms. The van der Waals surface area contributed by atoms with Crippen LogP contribution in [0.15, 0.2) is 23.0 Å². The van der Waals surface area contributed by atoms with Crippen molar-refractivity contribution < 1.29 is 0 Å². The Bertz CT molecular complexity index is 296. The minimum atomic E-state index is 0.386. The van der Waals surface area contributed by atoms with Gasteiger partial charge in [-0.05, 0) is 42.9 Å². The molecule has 0 radical (unpaired) electrons. The van der Waals surface area contributed by atoms with Gasteiger partial charge in [-0.2, -0.15) is 0 Å². The molecule has 1 heterocycles. The Kier molecular flexibility index (Phi) is 2.43. The summed E-state index contributed by atoms with van der Waals surface area (Å²) in [5, 5.41) is 0. The van der Waals surface area contributed by atoms with Gasteiger partial charge in [-0.3, -0.25) is 0 Å². The number of hydrogen-bond acceptors (Lipinski definition) is 0. The molecule has 0 spiro atoms. The monoisotopic (exact) mass is 192 g/mol. The van der Waals surface area contributed by atoms with E-state index in [1.807, 2.05) is 0 Å². The van der Waals surface area contributed by atoms with E-state index in [9.17, 15) is 0 Å². The molecule has 0 saturated carbocycles. The number of rotatable bonds is 1. The molecule has 1 aliphatic heterocycles.